The van der Waals surface area contributed by atoms with Gasteiger partial charge in [-0.3, -0.25) is 9.58 Å². The molecule has 19 heavy (non-hydrogen) atoms. The van der Waals surface area contributed by atoms with E-state index in [-0.39, 0.29) is 0 Å². The molecule has 0 atom stereocenters. The second-order valence-electron chi connectivity index (χ2n) is 5.99. The normalized spacial score (nSPS) is 18.3. The van der Waals surface area contributed by atoms with E-state index in [0.29, 0.717) is 6.04 Å². The van der Waals surface area contributed by atoms with Gasteiger partial charge < -0.3 is 5.32 Å². The highest BCUT2D eigenvalue weighted by atomic mass is 15.3. The molecule has 1 saturated heterocycles. The van der Waals surface area contributed by atoms with E-state index in [0.717, 1.165) is 19.0 Å². The van der Waals surface area contributed by atoms with Crippen molar-refractivity contribution in [2.45, 2.75) is 45.7 Å². The molecular weight excluding hydrogens is 236 g/mol. The molecular formula is C15H28N4. The van der Waals surface area contributed by atoms with E-state index in [1.807, 2.05) is 7.05 Å². The number of rotatable bonds is 6. The van der Waals surface area contributed by atoms with Gasteiger partial charge in [0.05, 0.1) is 5.69 Å². The Hall–Kier alpha value is -0.870. The van der Waals surface area contributed by atoms with Crippen molar-refractivity contribution in [2.24, 2.45) is 5.92 Å². The molecule has 2 rings (SSSR count). The molecule has 4 heteroatoms. The molecule has 0 bridgehead atoms. The number of nitrogens with one attached hydrogen (secondary N) is 1. The van der Waals surface area contributed by atoms with Crippen LogP contribution in [-0.2, 0) is 6.54 Å². The largest absolute Gasteiger partial charge is 0.320 e. The topological polar surface area (TPSA) is 33.1 Å². The van der Waals surface area contributed by atoms with E-state index >= 15 is 0 Å². The zero-order valence-electron chi connectivity index (χ0n) is 12.6. The molecule has 1 aromatic rings. The molecule has 4 nitrogen and oxygen atoms in total. The molecule has 108 valence electrons. The number of aromatic nitrogens is 2. The van der Waals surface area contributed by atoms with Gasteiger partial charge in [-0.05, 0) is 71.8 Å². The quantitative estimate of drug-likeness (QED) is 0.856. The lowest BCUT2D eigenvalue weighted by Crippen LogP contribution is -2.34. The first kappa shape index (κ1) is 14.5. The minimum atomic E-state index is 0.459. The lowest BCUT2D eigenvalue weighted by atomic mass is 9.93. The fourth-order valence-electron chi connectivity index (χ4n) is 2.76. The highest BCUT2D eigenvalue weighted by Gasteiger charge is 2.19. The van der Waals surface area contributed by atoms with Gasteiger partial charge in [0.25, 0.3) is 0 Å². The molecule has 1 aromatic heterocycles. The summed E-state index contributed by atoms with van der Waals surface area (Å²) >= 11 is 0. The second kappa shape index (κ2) is 7.06. The average molecular weight is 264 g/mol. The number of likely N-dealkylation sites (tertiary alicyclic amines) is 1. The van der Waals surface area contributed by atoms with Gasteiger partial charge in [0.1, 0.15) is 0 Å². The molecule has 1 aliphatic rings. The van der Waals surface area contributed by atoms with Gasteiger partial charge in [0, 0.05) is 18.8 Å². The molecule has 2 heterocycles. The van der Waals surface area contributed by atoms with E-state index < -0.39 is 0 Å². The molecule has 0 spiro atoms. The smallest absolute Gasteiger partial charge is 0.0764 e. The summed E-state index contributed by atoms with van der Waals surface area (Å²) in [5, 5.41) is 7.89. The highest BCUT2D eigenvalue weighted by molar-refractivity contribution is 4.99. The van der Waals surface area contributed by atoms with Crippen molar-refractivity contribution in [1.29, 1.82) is 0 Å². The Labute approximate surface area is 117 Å². The van der Waals surface area contributed by atoms with Gasteiger partial charge in [0.15, 0.2) is 0 Å². The first-order valence-electron chi connectivity index (χ1n) is 7.60. The molecule has 1 aliphatic heterocycles. The molecule has 0 amide bonds. The Morgan fingerprint density at radius 2 is 2.11 bits per heavy atom. The third-order valence-electron chi connectivity index (χ3n) is 4.09. The number of piperidine rings is 1. The van der Waals surface area contributed by atoms with E-state index in [4.69, 9.17) is 0 Å². The Morgan fingerprint density at radius 1 is 1.37 bits per heavy atom. The lowest BCUT2D eigenvalue weighted by Gasteiger charge is -2.31. The summed E-state index contributed by atoms with van der Waals surface area (Å²) in [6.45, 7) is 8.96. The van der Waals surface area contributed by atoms with E-state index in [9.17, 15) is 0 Å². The van der Waals surface area contributed by atoms with Crippen molar-refractivity contribution < 1.29 is 0 Å². The van der Waals surface area contributed by atoms with Crippen molar-refractivity contribution in [3.8, 4) is 0 Å². The van der Waals surface area contributed by atoms with Gasteiger partial charge in [-0.25, -0.2) is 0 Å². The first-order chi connectivity index (χ1) is 9.19. The third-order valence-corrected chi connectivity index (χ3v) is 4.09. The van der Waals surface area contributed by atoms with Crippen LogP contribution in [0.25, 0.3) is 0 Å². The van der Waals surface area contributed by atoms with Gasteiger partial charge in [0.2, 0.25) is 0 Å². The zero-order valence-corrected chi connectivity index (χ0v) is 12.6. The van der Waals surface area contributed by atoms with Gasteiger partial charge in [-0.2, -0.15) is 5.10 Å². The van der Waals surface area contributed by atoms with Crippen LogP contribution in [0.4, 0.5) is 0 Å². The Bertz CT molecular complexity index is 364. The maximum absolute atomic E-state index is 4.64. The summed E-state index contributed by atoms with van der Waals surface area (Å²) in [4.78, 5) is 2.54. The number of hydrogen-bond donors (Lipinski definition) is 1. The molecule has 0 radical (unpaired) electrons. The molecule has 1 fully saturated rings. The van der Waals surface area contributed by atoms with Crippen LogP contribution in [0.2, 0.25) is 0 Å². The molecule has 0 aliphatic carbocycles. The van der Waals surface area contributed by atoms with Crippen LogP contribution in [0.15, 0.2) is 12.3 Å². The highest BCUT2D eigenvalue weighted by Crippen LogP contribution is 2.21. The monoisotopic (exact) mass is 264 g/mol. The minimum Gasteiger partial charge on any atom is -0.320 e. The molecule has 0 unspecified atom stereocenters. The number of nitrogens with zero attached hydrogens (tertiary/aromatic N) is 3. The summed E-state index contributed by atoms with van der Waals surface area (Å²) in [5.41, 5.74) is 1.21. The van der Waals surface area contributed by atoms with Crippen LogP contribution in [0, 0.1) is 5.92 Å². The summed E-state index contributed by atoms with van der Waals surface area (Å²) in [6, 6.07) is 2.62. The molecule has 0 saturated carbocycles. The maximum Gasteiger partial charge on any atom is 0.0764 e. The van der Waals surface area contributed by atoms with Crippen molar-refractivity contribution in [3.63, 3.8) is 0 Å². The summed E-state index contributed by atoms with van der Waals surface area (Å²) in [7, 11) is 2.04. The van der Waals surface area contributed by atoms with Crippen molar-refractivity contribution in [3.05, 3.63) is 18.0 Å². The average Bonchev–Trinajstić information content (AvgIpc) is 2.87. The fourth-order valence-corrected chi connectivity index (χ4v) is 2.76. The predicted octanol–water partition coefficient (Wildman–Crippen LogP) is 2.29. The summed E-state index contributed by atoms with van der Waals surface area (Å²) < 4.78 is 2.05. The van der Waals surface area contributed by atoms with Gasteiger partial charge in [-0.15, -0.1) is 0 Å². The standard InChI is InChI=1S/C15H28N4/c1-13(2)19-11-7-15(17-19)12-18-9-5-14(6-10-18)4-8-16-3/h7,11,13-14,16H,4-6,8-10,12H2,1-3H3. The minimum absolute atomic E-state index is 0.459. The Balaban J connectivity index is 1.75. The lowest BCUT2D eigenvalue weighted by molar-refractivity contribution is 0.170. The van der Waals surface area contributed by atoms with Crippen LogP contribution in [0.5, 0.6) is 0 Å². The van der Waals surface area contributed by atoms with Crippen LogP contribution in [-0.4, -0.2) is 41.4 Å². The van der Waals surface area contributed by atoms with Gasteiger partial charge in [-0.1, -0.05) is 0 Å². The Kier molecular flexibility index (Phi) is 5.40. The van der Waals surface area contributed by atoms with Crippen LogP contribution >= 0.6 is 0 Å². The van der Waals surface area contributed by atoms with E-state index in [1.54, 1.807) is 0 Å². The van der Waals surface area contributed by atoms with Crippen LogP contribution in [0.3, 0.4) is 0 Å². The molecule has 0 aromatic carbocycles. The maximum atomic E-state index is 4.64. The zero-order chi connectivity index (χ0) is 13.7. The van der Waals surface area contributed by atoms with Gasteiger partial charge >= 0.3 is 0 Å². The second-order valence-corrected chi connectivity index (χ2v) is 5.99. The van der Waals surface area contributed by atoms with Crippen molar-refractivity contribution in [2.75, 3.05) is 26.7 Å². The fraction of sp³-hybridized carbons (Fsp3) is 0.800. The SMILES string of the molecule is CNCCC1CCN(Cc2ccn(C(C)C)n2)CC1. The Morgan fingerprint density at radius 3 is 2.68 bits per heavy atom. The first-order valence-corrected chi connectivity index (χ1v) is 7.60. The number of hydrogen-bond acceptors (Lipinski definition) is 3. The predicted molar refractivity (Wildman–Crippen MR) is 79.2 cm³/mol. The van der Waals surface area contributed by atoms with Crippen LogP contribution < -0.4 is 5.32 Å². The summed E-state index contributed by atoms with van der Waals surface area (Å²) in [6.07, 6.45) is 6.10. The molecule has 1 N–H and O–H groups in total. The van der Waals surface area contributed by atoms with E-state index in [2.05, 4.69) is 46.1 Å². The van der Waals surface area contributed by atoms with Crippen molar-refractivity contribution >= 4 is 0 Å². The van der Waals surface area contributed by atoms with Crippen molar-refractivity contribution in [1.82, 2.24) is 20.0 Å². The van der Waals surface area contributed by atoms with E-state index in [1.165, 1.54) is 38.0 Å². The van der Waals surface area contributed by atoms with Crippen LogP contribution in [0.1, 0.15) is 44.8 Å². The third kappa shape index (κ3) is 4.32. The summed E-state index contributed by atoms with van der Waals surface area (Å²) in [5.74, 6) is 0.914.